The van der Waals surface area contributed by atoms with E-state index in [0.717, 1.165) is 12.1 Å². The highest BCUT2D eigenvalue weighted by molar-refractivity contribution is 6.16. The summed E-state index contributed by atoms with van der Waals surface area (Å²) in [6.45, 7) is 4.18. The lowest BCUT2D eigenvalue weighted by molar-refractivity contribution is -0.137. The van der Waals surface area contributed by atoms with Gasteiger partial charge in [0.15, 0.2) is 0 Å². The maximum atomic E-state index is 14.4. The van der Waals surface area contributed by atoms with Crippen molar-refractivity contribution in [3.8, 4) is 5.75 Å². The van der Waals surface area contributed by atoms with E-state index in [9.17, 15) is 27.9 Å². The second-order valence-electron chi connectivity index (χ2n) is 9.16. The monoisotopic (exact) mass is 496 g/mol. The van der Waals surface area contributed by atoms with Crippen LogP contribution in [0.3, 0.4) is 0 Å². The first-order valence-corrected chi connectivity index (χ1v) is 11.6. The van der Waals surface area contributed by atoms with Crippen LogP contribution in [0, 0.1) is 0 Å². The van der Waals surface area contributed by atoms with Gasteiger partial charge in [0.25, 0.3) is 0 Å². The number of rotatable bonds is 6. The first-order valence-electron chi connectivity index (χ1n) is 11.6. The number of carbonyl (C=O) groups is 2. The quantitative estimate of drug-likeness (QED) is 0.327. The Balaban J connectivity index is 1.99. The van der Waals surface area contributed by atoms with Gasteiger partial charge in [-0.15, -0.1) is 0 Å². The maximum absolute atomic E-state index is 14.4. The van der Waals surface area contributed by atoms with Crippen LogP contribution >= 0.6 is 0 Å². The number of fused-ring (bicyclic) bond motifs is 1. The number of carbonyl (C=O) groups excluding carboxylic acids is 2. The summed E-state index contributed by atoms with van der Waals surface area (Å²) >= 11 is 0. The Morgan fingerprint density at radius 2 is 1.78 bits per heavy atom. The van der Waals surface area contributed by atoms with Gasteiger partial charge in [0.05, 0.1) is 16.9 Å². The molecule has 3 aromatic rings. The second kappa shape index (κ2) is 9.33. The first kappa shape index (κ1) is 25.3. The molecule has 1 N–H and O–H groups in total. The number of aromatic hydroxyl groups is 1. The molecule has 36 heavy (non-hydrogen) atoms. The summed E-state index contributed by atoms with van der Waals surface area (Å²) in [5, 5.41) is 10.00. The van der Waals surface area contributed by atoms with E-state index >= 15 is 0 Å². The van der Waals surface area contributed by atoms with Crippen LogP contribution in [-0.4, -0.2) is 30.9 Å². The number of phenolic OH excluding ortho intramolecular Hbond substituents is 1. The van der Waals surface area contributed by atoms with Crippen molar-refractivity contribution >= 4 is 29.3 Å². The number of alkyl halides is 3. The van der Waals surface area contributed by atoms with Crippen molar-refractivity contribution in [1.29, 1.82) is 0 Å². The number of hydrogen-bond acceptors (Lipinski definition) is 4. The molecule has 3 aromatic carbocycles. The lowest BCUT2D eigenvalue weighted by Crippen LogP contribution is -2.45. The molecule has 8 heteroatoms. The Morgan fingerprint density at radius 1 is 1.08 bits per heavy atom. The number of hydrogen-bond donors (Lipinski definition) is 1. The molecule has 2 atom stereocenters. The van der Waals surface area contributed by atoms with Crippen LogP contribution in [0.5, 0.6) is 5.75 Å². The van der Waals surface area contributed by atoms with Gasteiger partial charge in [0, 0.05) is 19.3 Å². The number of nitrogens with zero attached hydrogens (tertiary/aromatic N) is 2. The number of benzene rings is 3. The van der Waals surface area contributed by atoms with Crippen LogP contribution in [-0.2, 0) is 21.2 Å². The molecule has 4 rings (SSSR count). The van der Waals surface area contributed by atoms with Crippen molar-refractivity contribution in [2.75, 3.05) is 23.4 Å². The van der Waals surface area contributed by atoms with Crippen molar-refractivity contribution in [2.45, 2.75) is 37.8 Å². The van der Waals surface area contributed by atoms with Crippen molar-refractivity contribution in [1.82, 2.24) is 0 Å². The summed E-state index contributed by atoms with van der Waals surface area (Å²) in [4.78, 5) is 30.1. The zero-order chi connectivity index (χ0) is 26.3. The molecule has 2 unspecified atom stereocenters. The molecular formula is C28H27F3N2O3. The molecule has 0 aliphatic heterocycles. The molecule has 0 radical (unpaired) electrons. The highest BCUT2D eigenvalue weighted by atomic mass is 19.4. The lowest BCUT2D eigenvalue weighted by atomic mass is 9.81. The van der Waals surface area contributed by atoms with Crippen LogP contribution in [0.4, 0.5) is 30.2 Å². The molecular weight excluding hydrogens is 469 g/mol. The van der Waals surface area contributed by atoms with Crippen LogP contribution < -0.4 is 9.80 Å². The van der Waals surface area contributed by atoms with Gasteiger partial charge in [0.1, 0.15) is 17.5 Å². The second-order valence-corrected chi connectivity index (χ2v) is 9.16. The Labute approximate surface area is 207 Å². The van der Waals surface area contributed by atoms with E-state index in [0.29, 0.717) is 35.3 Å². The van der Waals surface area contributed by atoms with E-state index < -0.39 is 23.1 Å². The number of phenols is 1. The fourth-order valence-corrected chi connectivity index (χ4v) is 4.95. The van der Waals surface area contributed by atoms with Crippen LogP contribution in [0.2, 0.25) is 0 Å². The minimum atomic E-state index is -4.63. The topological polar surface area (TPSA) is 60.9 Å². The summed E-state index contributed by atoms with van der Waals surface area (Å²) in [5.41, 5.74) is -0.621. The summed E-state index contributed by atoms with van der Waals surface area (Å²) in [5.74, 6) is -0.859. The van der Waals surface area contributed by atoms with E-state index in [1.54, 1.807) is 48.3 Å². The molecule has 0 spiro atoms. The Bertz CT molecular complexity index is 1290. The fourth-order valence-electron chi connectivity index (χ4n) is 4.95. The van der Waals surface area contributed by atoms with E-state index in [1.165, 1.54) is 23.1 Å². The number of halogens is 3. The summed E-state index contributed by atoms with van der Waals surface area (Å²) in [6, 6.07) is 16.2. The zero-order valence-corrected chi connectivity index (χ0v) is 20.2. The van der Waals surface area contributed by atoms with Gasteiger partial charge >= 0.3 is 6.18 Å². The van der Waals surface area contributed by atoms with E-state index in [2.05, 4.69) is 0 Å². The van der Waals surface area contributed by atoms with Gasteiger partial charge in [-0.25, -0.2) is 0 Å². The van der Waals surface area contributed by atoms with Crippen LogP contribution in [0.25, 0.3) is 0 Å². The molecule has 0 bridgehead atoms. The summed E-state index contributed by atoms with van der Waals surface area (Å²) in [6.07, 6.45) is -3.91. The number of anilines is 3. The molecule has 1 aliphatic rings. The molecule has 0 fully saturated rings. The average Bonchev–Trinajstić information content (AvgIpc) is 3.15. The van der Waals surface area contributed by atoms with Crippen molar-refractivity contribution < 1.29 is 27.9 Å². The van der Waals surface area contributed by atoms with Gasteiger partial charge in [-0.3, -0.25) is 9.69 Å². The standard InChI is InChI=1S/C28H27F3N2O3/c1-4-32(3)24-13-10-19(28(29,30)31)14-25(24)33(20-8-6-5-7-9-20)26(36)27(17-34)16-18(2)22-15-21(35)11-12-23(22)27/h5-15,17-18,35H,4,16H2,1-3H3. The third-order valence-corrected chi connectivity index (χ3v) is 6.90. The predicted octanol–water partition coefficient (Wildman–Crippen LogP) is 6.18. The highest BCUT2D eigenvalue weighted by Gasteiger charge is 2.51. The van der Waals surface area contributed by atoms with Gasteiger partial charge in [-0.2, -0.15) is 13.2 Å². The zero-order valence-electron chi connectivity index (χ0n) is 20.2. The fraction of sp³-hybridized carbons (Fsp3) is 0.286. The van der Waals surface area contributed by atoms with E-state index in [1.807, 2.05) is 13.8 Å². The number of aldehydes is 1. The SMILES string of the molecule is CCN(C)c1ccc(C(F)(F)F)cc1N(C(=O)C1(C=O)CC(C)c2cc(O)ccc21)c1ccccc1. The maximum Gasteiger partial charge on any atom is 0.416 e. The lowest BCUT2D eigenvalue weighted by Gasteiger charge is -2.35. The molecule has 0 heterocycles. The van der Waals surface area contributed by atoms with Crippen LogP contribution in [0.15, 0.2) is 66.7 Å². The van der Waals surface area contributed by atoms with Gasteiger partial charge in [-0.05, 0) is 72.9 Å². The summed E-state index contributed by atoms with van der Waals surface area (Å²) < 4.78 is 41.3. The van der Waals surface area contributed by atoms with Crippen LogP contribution in [0.1, 0.15) is 42.9 Å². The van der Waals surface area contributed by atoms with Gasteiger partial charge in [-0.1, -0.05) is 31.2 Å². The number of para-hydroxylation sites is 1. The Morgan fingerprint density at radius 3 is 2.39 bits per heavy atom. The normalized spacial score (nSPS) is 19.0. The highest BCUT2D eigenvalue weighted by Crippen LogP contribution is 2.49. The molecule has 1 aliphatic carbocycles. The minimum Gasteiger partial charge on any atom is -0.508 e. The third-order valence-electron chi connectivity index (χ3n) is 6.90. The van der Waals surface area contributed by atoms with Gasteiger partial charge < -0.3 is 14.8 Å². The largest absolute Gasteiger partial charge is 0.508 e. The molecule has 0 saturated carbocycles. The molecule has 0 saturated heterocycles. The minimum absolute atomic E-state index is 0.0133. The Hall–Kier alpha value is -3.81. The summed E-state index contributed by atoms with van der Waals surface area (Å²) in [7, 11) is 1.73. The molecule has 5 nitrogen and oxygen atoms in total. The third kappa shape index (κ3) is 4.21. The van der Waals surface area contributed by atoms with Gasteiger partial charge in [0.2, 0.25) is 5.91 Å². The first-order chi connectivity index (χ1) is 17.0. The predicted molar refractivity (Wildman–Crippen MR) is 133 cm³/mol. The molecule has 1 amide bonds. The molecule has 0 aromatic heterocycles. The van der Waals surface area contributed by atoms with Crippen molar-refractivity contribution in [3.05, 3.63) is 83.4 Å². The smallest absolute Gasteiger partial charge is 0.416 e. The molecule has 188 valence electrons. The average molecular weight is 497 g/mol. The van der Waals surface area contributed by atoms with Crippen molar-refractivity contribution in [2.24, 2.45) is 0 Å². The number of amides is 1. The van der Waals surface area contributed by atoms with Crippen molar-refractivity contribution in [3.63, 3.8) is 0 Å². The van der Waals surface area contributed by atoms with E-state index in [-0.39, 0.29) is 23.8 Å². The Kier molecular flexibility index (Phi) is 6.56. The van der Waals surface area contributed by atoms with E-state index in [4.69, 9.17) is 0 Å².